The van der Waals surface area contributed by atoms with Gasteiger partial charge in [-0.1, -0.05) is 155 Å². The van der Waals surface area contributed by atoms with E-state index in [1.54, 1.807) is 0 Å². The minimum atomic E-state index is 0. The third-order valence-corrected chi connectivity index (χ3v) is 15.5. The smallest absolute Gasteiger partial charge is 0.129 e. The number of nitrogens with zero attached hydrogens (tertiary/aromatic N) is 4. The Kier molecular flexibility index (Phi) is 34.5. The van der Waals surface area contributed by atoms with Crippen molar-refractivity contribution in [2.45, 2.75) is 200 Å². The predicted molar refractivity (Wildman–Crippen MR) is 224 cm³/mol. The van der Waals surface area contributed by atoms with Crippen LogP contribution in [-0.4, -0.2) is 123 Å². The number of halogens is 4. The van der Waals surface area contributed by atoms with Crippen molar-refractivity contribution in [1.82, 2.24) is 0 Å². The predicted octanol–water partition coefficient (Wildman–Crippen LogP) is -0.323. The van der Waals surface area contributed by atoms with E-state index in [1.807, 2.05) is 0 Å². The zero-order chi connectivity index (χ0) is 35.8. The van der Waals surface area contributed by atoms with E-state index in [4.69, 9.17) is 0 Å². The molecule has 6 rings (SSSR count). The van der Waals surface area contributed by atoms with Crippen LogP contribution in [0.25, 0.3) is 0 Å². The van der Waals surface area contributed by atoms with E-state index in [0.717, 1.165) is 0 Å². The summed E-state index contributed by atoms with van der Waals surface area (Å²) in [5.41, 5.74) is 0. The molecule has 6 aliphatic heterocycles. The van der Waals surface area contributed by atoms with Gasteiger partial charge < -0.3 is 85.9 Å². The minimum Gasteiger partial charge on any atom is -1.00 e. The van der Waals surface area contributed by atoms with Crippen molar-refractivity contribution < 1.29 is 85.9 Å². The fraction of sp³-hybridized carbons (Fsp3) is 1.00. The van der Waals surface area contributed by atoms with Gasteiger partial charge in [0.15, 0.2) is 0 Å². The van der Waals surface area contributed by atoms with Crippen LogP contribution in [0.1, 0.15) is 200 Å². The van der Waals surface area contributed by atoms with Crippen molar-refractivity contribution in [3.8, 4) is 0 Å². The topological polar surface area (TPSA) is 0 Å². The van der Waals surface area contributed by atoms with E-state index in [9.17, 15) is 0 Å². The molecule has 4 nitrogen and oxygen atoms in total. The molecular weight excluding hydrogens is 940 g/mol. The molecule has 6 heterocycles. The van der Waals surface area contributed by atoms with Gasteiger partial charge in [0.05, 0.1) is 26.2 Å². The van der Waals surface area contributed by atoms with E-state index in [-0.39, 0.29) is 67.9 Å². The summed E-state index contributed by atoms with van der Waals surface area (Å²) in [6.07, 6.45) is 42.9. The van der Waals surface area contributed by atoms with E-state index in [0.29, 0.717) is 0 Å². The molecule has 8 heteroatoms. The molecule has 0 atom stereocenters. The zero-order valence-corrected chi connectivity index (χ0v) is 43.5. The first-order valence-corrected chi connectivity index (χ1v) is 24.5. The molecule has 0 unspecified atom stereocenters. The normalized spacial score (nSPS) is 26.5. The number of fused-ring (bicyclic) bond motifs is 6. The van der Waals surface area contributed by atoms with E-state index < -0.39 is 0 Å². The van der Waals surface area contributed by atoms with Gasteiger partial charge in [0.1, 0.15) is 78.5 Å². The Hall–Kier alpha value is 1.76. The maximum absolute atomic E-state index is 2.32. The second kappa shape index (κ2) is 33.4. The van der Waals surface area contributed by atoms with Crippen LogP contribution in [0.3, 0.4) is 0 Å². The largest absolute Gasteiger partial charge is 1.00 e. The third-order valence-electron chi connectivity index (χ3n) is 15.5. The Morgan fingerprint density at radius 2 is 0.327 bits per heavy atom. The van der Waals surface area contributed by atoms with Crippen LogP contribution in [0.2, 0.25) is 0 Å². The first-order chi connectivity index (χ1) is 25.1. The summed E-state index contributed by atoms with van der Waals surface area (Å²) >= 11 is 0. The van der Waals surface area contributed by atoms with Gasteiger partial charge in [0.25, 0.3) is 0 Å². The van der Waals surface area contributed by atoms with E-state index in [2.05, 4.69) is 13.8 Å². The second-order valence-electron chi connectivity index (χ2n) is 19.5. The van der Waals surface area contributed by atoms with Crippen LogP contribution in [0.5, 0.6) is 0 Å². The first-order valence-electron chi connectivity index (χ1n) is 24.5. The molecule has 0 aliphatic carbocycles. The van der Waals surface area contributed by atoms with Gasteiger partial charge in [-0.3, -0.25) is 0 Å². The Balaban J connectivity index is 0.00000729. The number of rotatable bonds is 34. The lowest BCUT2D eigenvalue weighted by Crippen LogP contribution is -3.00. The zero-order valence-electron chi connectivity index (χ0n) is 37.1. The number of unbranched alkanes of at least 4 members (excludes halogenated alkanes) is 26. The molecule has 6 saturated heterocycles. The highest BCUT2D eigenvalue weighted by atomic mass is 79.9. The average molecular weight is 1040 g/mol. The Morgan fingerprint density at radius 3 is 0.491 bits per heavy atom. The highest BCUT2D eigenvalue weighted by Gasteiger charge is 2.49. The minimum absolute atomic E-state index is 0. The first kappa shape index (κ1) is 56.8. The van der Waals surface area contributed by atoms with Crippen LogP contribution in [0.4, 0.5) is 0 Å². The molecule has 0 aromatic rings. The molecular formula is C47H96Br4N4. The SMILES string of the molecule is CCCCCCCCCCCCCCC[N+]12CC[N+](CCCCC[N+]34CC[N+](CCCCCCCCCCCCCCC)(CC3)CC4)(CC1)CC2.[Br-].[Br-].[Br-].[Br-]. The molecule has 0 aromatic carbocycles. The molecule has 0 amide bonds. The molecule has 0 saturated carbocycles. The maximum atomic E-state index is 2.32. The number of hydrogen-bond acceptors (Lipinski definition) is 0. The lowest BCUT2D eigenvalue weighted by atomic mass is 10.0. The summed E-state index contributed by atoms with van der Waals surface area (Å²) in [7, 11) is 0. The Morgan fingerprint density at radius 1 is 0.200 bits per heavy atom. The number of quaternary nitrogens is 4. The molecule has 55 heavy (non-hydrogen) atoms. The van der Waals surface area contributed by atoms with Gasteiger partial charge in [-0.15, -0.1) is 0 Å². The quantitative estimate of drug-likeness (QED) is 0.0614. The summed E-state index contributed by atoms with van der Waals surface area (Å²) < 4.78 is 5.99. The van der Waals surface area contributed by atoms with Gasteiger partial charge in [0, 0.05) is 0 Å². The molecule has 332 valence electrons. The highest BCUT2D eigenvalue weighted by Crippen LogP contribution is 2.30. The van der Waals surface area contributed by atoms with Crippen molar-refractivity contribution in [2.75, 3.05) is 105 Å². The van der Waals surface area contributed by atoms with Gasteiger partial charge >= 0.3 is 0 Å². The maximum Gasteiger partial charge on any atom is 0.129 e. The van der Waals surface area contributed by atoms with Crippen LogP contribution < -0.4 is 67.9 Å². The van der Waals surface area contributed by atoms with Crippen molar-refractivity contribution in [3.05, 3.63) is 0 Å². The lowest BCUT2D eigenvalue weighted by molar-refractivity contribution is -1.08. The summed E-state index contributed by atoms with van der Waals surface area (Å²) in [6, 6.07) is 0. The summed E-state index contributed by atoms with van der Waals surface area (Å²) in [5.74, 6) is 0. The van der Waals surface area contributed by atoms with Gasteiger partial charge in [0.2, 0.25) is 0 Å². The molecule has 0 radical (unpaired) electrons. The van der Waals surface area contributed by atoms with E-state index in [1.165, 1.54) is 309 Å². The Labute approximate surface area is 387 Å². The van der Waals surface area contributed by atoms with Crippen molar-refractivity contribution in [3.63, 3.8) is 0 Å². The standard InChI is InChI=1S/C47H96N4.4BrH/c1-3-5-7-9-11-13-15-17-19-21-23-25-28-32-48-36-42-50(43-37-48,44-38-48)34-30-27-31-35-51-45-39-49(40-46-51,41-47-51)33-29-26-24-22-20-18-16-14-12-10-8-6-4-2;;;;/h3-47H2,1-2H3;4*1H/q+4;;;;/p-4. The van der Waals surface area contributed by atoms with Gasteiger partial charge in [-0.05, 0) is 44.9 Å². The average Bonchev–Trinajstić information content (AvgIpc) is 3.17. The second-order valence-corrected chi connectivity index (χ2v) is 19.5. The number of hydrogen-bond donors (Lipinski definition) is 0. The van der Waals surface area contributed by atoms with Crippen LogP contribution in [0, 0.1) is 0 Å². The fourth-order valence-corrected chi connectivity index (χ4v) is 11.2. The molecule has 4 bridgehead atoms. The van der Waals surface area contributed by atoms with Gasteiger partial charge in [-0.2, -0.15) is 0 Å². The number of piperazine rings is 6. The molecule has 6 fully saturated rings. The van der Waals surface area contributed by atoms with Crippen molar-refractivity contribution >= 4 is 0 Å². The summed E-state index contributed by atoms with van der Waals surface area (Å²) in [5, 5.41) is 0. The summed E-state index contributed by atoms with van der Waals surface area (Å²) in [4.78, 5) is 0. The monoisotopic (exact) mass is 1030 g/mol. The third kappa shape index (κ3) is 21.9. The van der Waals surface area contributed by atoms with Crippen molar-refractivity contribution in [2.24, 2.45) is 0 Å². The van der Waals surface area contributed by atoms with Crippen molar-refractivity contribution in [1.29, 1.82) is 0 Å². The highest BCUT2D eigenvalue weighted by molar-refractivity contribution is 4.65. The summed E-state index contributed by atoms with van der Waals surface area (Å²) in [6.45, 7) is 28.6. The molecule has 6 aliphatic rings. The fourth-order valence-electron chi connectivity index (χ4n) is 11.2. The molecule has 0 N–H and O–H groups in total. The Bertz CT molecular complexity index is 759. The van der Waals surface area contributed by atoms with Crippen LogP contribution in [0.15, 0.2) is 0 Å². The lowest BCUT2D eigenvalue weighted by Gasteiger charge is -2.56. The van der Waals surface area contributed by atoms with Crippen LogP contribution >= 0.6 is 0 Å². The molecule has 0 aromatic heterocycles. The van der Waals surface area contributed by atoms with E-state index >= 15 is 0 Å². The van der Waals surface area contributed by atoms with Crippen LogP contribution in [-0.2, 0) is 0 Å². The molecule has 0 spiro atoms. The van der Waals surface area contributed by atoms with Gasteiger partial charge in [-0.25, -0.2) is 0 Å².